The molecule has 0 fully saturated rings. The highest BCUT2D eigenvalue weighted by atomic mass is 32.2. The van der Waals surface area contributed by atoms with Gasteiger partial charge in [0.05, 0.1) is 0 Å². The summed E-state index contributed by atoms with van der Waals surface area (Å²) in [5.41, 5.74) is 1.07. The van der Waals surface area contributed by atoms with Crippen molar-refractivity contribution in [2.24, 2.45) is 5.92 Å². The molecule has 1 atom stereocenters. The maximum atomic E-state index is 12.5. The van der Waals surface area contributed by atoms with Gasteiger partial charge in [-0.25, -0.2) is 0 Å². The second kappa shape index (κ2) is 6.51. The lowest BCUT2D eigenvalue weighted by atomic mass is 10.0. The van der Waals surface area contributed by atoms with Crippen LogP contribution >= 0.6 is 11.8 Å². The summed E-state index contributed by atoms with van der Waals surface area (Å²) >= 11 is 1.31. The molecule has 0 N–H and O–H groups in total. The quantitative estimate of drug-likeness (QED) is 0.769. The van der Waals surface area contributed by atoms with Crippen molar-refractivity contribution < 1.29 is 13.2 Å². The van der Waals surface area contributed by atoms with Crippen molar-refractivity contribution in [1.29, 1.82) is 0 Å². The zero-order valence-corrected chi connectivity index (χ0v) is 12.5. The lowest BCUT2D eigenvalue weighted by Gasteiger charge is -2.20. The van der Waals surface area contributed by atoms with E-state index in [0.717, 1.165) is 16.5 Å². The number of thioether (sulfide) groups is 1. The predicted molar refractivity (Wildman–Crippen MR) is 76.0 cm³/mol. The molecule has 1 aromatic heterocycles. The molecule has 114 valence electrons. The molecule has 2 rings (SSSR count). The Morgan fingerprint density at radius 2 is 1.86 bits per heavy atom. The number of hydrogen-bond donors (Lipinski definition) is 0. The highest BCUT2D eigenvalue weighted by molar-refractivity contribution is 7.99. The highest BCUT2D eigenvalue weighted by Crippen LogP contribution is 2.39. The van der Waals surface area contributed by atoms with Gasteiger partial charge in [-0.3, -0.25) is 4.57 Å². The Bertz CT molecular complexity index is 566. The fraction of sp³-hybridized carbons (Fsp3) is 0.429. The Morgan fingerprint density at radius 1 is 1.19 bits per heavy atom. The van der Waals surface area contributed by atoms with E-state index in [-0.39, 0.29) is 16.3 Å². The molecular formula is C14H16F3N3S. The lowest BCUT2D eigenvalue weighted by molar-refractivity contribution is -0.142. The van der Waals surface area contributed by atoms with Gasteiger partial charge in [-0.2, -0.15) is 13.2 Å². The zero-order valence-electron chi connectivity index (χ0n) is 11.7. The first-order chi connectivity index (χ1) is 9.87. The van der Waals surface area contributed by atoms with Crippen LogP contribution in [0, 0.1) is 5.92 Å². The summed E-state index contributed by atoms with van der Waals surface area (Å²) in [4.78, 5) is 0. The number of rotatable bonds is 5. The van der Waals surface area contributed by atoms with Gasteiger partial charge in [0, 0.05) is 5.25 Å². The van der Waals surface area contributed by atoms with Gasteiger partial charge in [0.25, 0.3) is 0 Å². The third kappa shape index (κ3) is 4.49. The van der Waals surface area contributed by atoms with Crippen LogP contribution in [0.25, 0.3) is 0 Å². The van der Waals surface area contributed by atoms with E-state index in [1.807, 2.05) is 44.2 Å². The van der Waals surface area contributed by atoms with Crippen LogP contribution in [-0.2, 0) is 6.54 Å². The van der Waals surface area contributed by atoms with Crippen molar-refractivity contribution >= 4 is 11.8 Å². The normalized spacial score (nSPS) is 13.6. The second-order valence-electron chi connectivity index (χ2n) is 5.05. The van der Waals surface area contributed by atoms with Gasteiger partial charge >= 0.3 is 6.18 Å². The molecule has 1 heterocycles. The molecule has 0 amide bonds. The summed E-state index contributed by atoms with van der Waals surface area (Å²) in [6, 6.07) is 9.71. The van der Waals surface area contributed by atoms with E-state index in [0.29, 0.717) is 0 Å². The summed E-state index contributed by atoms with van der Waals surface area (Å²) in [6.45, 7) is 3.01. The van der Waals surface area contributed by atoms with Crippen molar-refractivity contribution in [3.8, 4) is 0 Å². The fourth-order valence-corrected chi connectivity index (χ4v) is 3.12. The Hall–Kier alpha value is -1.50. The lowest BCUT2D eigenvalue weighted by Crippen LogP contribution is -2.18. The van der Waals surface area contributed by atoms with E-state index in [4.69, 9.17) is 0 Å². The Kier molecular flexibility index (Phi) is 4.92. The standard InChI is InChI=1S/C14H16F3N3S/c1-10(2)12(11-6-4-3-5-7-11)21-13-19-18-9-20(13)8-14(15,16)17/h3-7,9-10,12H,8H2,1-2H3/t12-/m1/s1. The summed E-state index contributed by atoms with van der Waals surface area (Å²) in [7, 11) is 0. The number of aromatic nitrogens is 3. The smallest absolute Gasteiger partial charge is 0.299 e. The van der Waals surface area contributed by atoms with Crippen LogP contribution in [0.2, 0.25) is 0 Å². The molecule has 0 unspecified atom stereocenters. The van der Waals surface area contributed by atoms with Gasteiger partial charge in [0.2, 0.25) is 0 Å². The molecule has 0 saturated carbocycles. The summed E-state index contributed by atoms with van der Waals surface area (Å²) in [6.07, 6.45) is -3.16. The predicted octanol–water partition coefficient (Wildman–Crippen LogP) is 4.33. The van der Waals surface area contributed by atoms with Crippen LogP contribution in [0.1, 0.15) is 24.7 Å². The molecule has 3 nitrogen and oxygen atoms in total. The first-order valence-electron chi connectivity index (χ1n) is 6.53. The van der Waals surface area contributed by atoms with E-state index in [2.05, 4.69) is 10.2 Å². The van der Waals surface area contributed by atoms with Gasteiger partial charge in [0.1, 0.15) is 12.9 Å². The van der Waals surface area contributed by atoms with Crippen molar-refractivity contribution in [2.75, 3.05) is 0 Å². The molecular weight excluding hydrogens is 299 g/mol. The van der Waals surface area contributed by atoms with Crippen molar-refractivity contribution in [3.05, 3.63) is 42.2 Å². The molecule has 7 heteroatoms. The first kappa shape index (κ1) is 15.9. The van der Waals surface area contributed by atoms with Gasteiger partial charge in [-0.15, -0.1) is 10.2 Å². The number of benzene rings is 1. The molecule has 0 aliphatic rings. The van der Waals surface area contributed by atoms with Gasteiger partial charge in [-0.1, -0.05) is 55.9 Å². The molecule has 0 aliphatic carbocycles. The molecule has 0 bridgehead atoms. The van der Waals surface area contributed by atoms with Crippen LogP contribution in [0.15, 0.2) is 41.8 Å². The molecule has 1 aromatic carbocycles. The summed E-state index contributed by atoms with van der Waals surface area (Å²) in [5.74, 6) is 0.258. The van der Waals surface area contributed by atoms with Gasteiger partial charge < -0.3 is 0 Å². The fourth-order valence-electron chi connectivity index (χ4n) is 1.98. The molecule has 2 aromatic rings. The third-order valence-electron chi connectivity index (χ3n) is 2.90. The number of alkyl halides is 3. The monoisotopic (exact) mass is 315 g/mol. The Labute approximate surface area is 125 Å². The number of nitrogens with zero attached hydrogens (tertiary/aromatic N) is 3. The van der Waals surface area contributed by atoms with E-state index >= 15 is 0 Å². The minimum atomic E-state index is -4.28. The Morgan fingerprint density at radius 3 is 2.43 bits per heavy atom. The Balaban J connectivity index is 2.21. The average molecular weight is 315 g/mol. The van der Waals surface area contributed by atoms with Crippen molar-refractivity contribution in [3.63, 3.8) is 0 Å². The topological polar surface area (TPSA) is 30.7 Å². The summed E-state index contributed by atoms with van der Waals surface area (Å²) in [5, 5.41) is 7.75. The summed E-state index contributed by atoms with van der Waals surface area (Å²) < 4.78 is 38.6. The molecule has 0 spiro atoms. The van der Waals surface area contributed by atoms with Crippen LogP contribution in [-0.4, -0.2) is 20.9 Å². The van der Waals surface area contributed by atoms with Crippen LogP contribution in [0.5, 0.6) is 0 Å². The minimum absolute atomic E-state index is 0.0300. The van der Waals surface area contributed by atoms with E-state index in [1.165, 1.54) is 11.8 Å². The number of halogens is 3. The van der Waals surface area contributed by atoms with E-state index in [9.17, 15) is 13.2 Å². The first-order valence-corrected chi connectivity index (χ1v) is 7.41. The average Bonchev–Trinajstić information content (AvgIpc) is 2.81. The minimum Gasteiger partial charge on any atom is -0.299 e. The molecule has 0 aliphatic heterocycles. The van der Waals surface area contributed by atoms with E-state index in [1.54, 1.807) is 0 Å². The van der Waals surface area contributed by atoms with Gasteiger partial charge in [-0.05, 0) is 11.5 Å². The molecule has 0 radical (unpaired) electrons. The van der Waals surface area contributed by atoms with Crippen molar-refractivity contribution in [2.45, 2.75) is 37.0 Å². The van der Waals surface area contributed by atoms with Gasteiger partial charge in [0.15, 0.2) is 5.16 Å². The third-order valence-corrected chi connectivity index (χ3v) is 4.49. The zero-order chi connectivity index (χ0) is 15.5. The maximum Gasteiger partial charge on any atom is 0.406 e. The largest absolute Gasteiger partial charge is 0.406 e. The SMILES string of the molecule is CC(C)[C@@H](Sc1nncn1CC(F)(F)F)c1ccccc1. The van der Waals surface area contributed by atoms with E-state index < -0.39 is 12.7 Å². The van der Waals surface area contributed by atoms with Crippen molar-refractivity contribution in [1.82, 2.24) is 14.8 Å². The molecule has 21 heavy (non-hydrogen) atoms. The van der Waals surface area contributed by atoms with Crippen LogP contribution in [0.4, 0.5) is 13.2 Å². The van der Waals surface area contributed by atoms with Crippen LogP contribution < -0.4 is 0 Å². The highest BCUT2D eigenvalue weighted by Gasteiger charge is 2.30. The number of hydrogen-bond acceptors (Lipinski definition) is 3. The second-order valence-corrected chi connectivity index (χ2v) is 6.16. The maximum absolute atomic E-state index is 12.5. The van der Waals surface area contributed by atoms with Crippen LogP contribution in [0.3, 0.4) is 0 Å². The molecule has 0 saturated heterocycles.